The van der Waals surface area contributed by atoms with E-state index in [-0.39, 0.29) is 11.8 Å². The van der Waals surface area contributed by atoms with Crippen molar-refractivity contribution in [1.82, 2.24) is 9.80 Å². The van der Waals surface area contributed by atoms with Crippen LogP contribution in [0.2, 0.25) is 0 Å². The van der Waals surface area contributed by atoms with Gasteiger partial charge in [0.25, 0.3) is 0 Å². The van der Waals surface area contributed by atoms with Crippen LogP contribution in [0.4, 0.5) is 0 Å². The molecule has 0 saturated carbocycles. The van der Waals surface area contributed by atoms with Gasteiger partial charge in [0.15, 0.2) is 0 Å². The maximum Gasteiger partial charge on any atom is 0.221 e. The van der Waals surface area contributed by atoms with E-state index in [1.54, 1.807) is 38.0 Å². The zero-order chi connectivity index (χ0) is 13.7. The van der Waals surface area contributed by atoms with Crippen LogP contribution in [0, 0.1) is 0 Å². The molecule has 0 heterocycles. The highest BCUT2D eigenvalue weighted by Gasteiger charge is 1.95. The van der Waals surface area contributed by atoms with Crippen LogP contribution in [-0.4, -0.2) is 49.8 Å². The molecular formula is C12H28N2O2. The van der Waals surface area contributed by atoms with Gasteiger partial charge in [-0.2, -0.15) is 0 Å². The first-order valence-electron chi connectivity index (χ1n) is 5.77. The fourth-order valence-electron chi connectivity index (χ4n) is 0.632. The molecule has 0 radical (unpaired) electrons. The molecule has 0 aromatic carbocycles. The number of hydrogen-bond acceptors (Lipinski definition) is 2. The number of rotatable bonds is 2. The predicted molar refractivity (Wildman–Crippen MR) is 69.3 cm³/mol. The van der Waals surface area contributed by atoms with E-state index in [4.69, 9.17) is 0 Å². The van der Waals surface area contributed by atoms with Crippen LogP contribution in [-0.2, 0) is 9.59 Å². The van der Waals surface area contributed by atoms with Crippen molar-refractivity contribution in [3.8, 4) is 0 Å². The number of hydrogen-bond donors (Lipinski definition) is 0. The fraction of sp³-hybridized carbons (Fsp3) is 0.833. The molecule has 98 valence electrons. The van der Waals surface area contributed by atoms with Gasteiger partial charge in [0.05, 0.1) is 0 Å². The SMILES string of the molecule is CC.CCC(=O)N(C)C.CCC(=O)N(C)C. The molecule has 0 aliphatic rings. The zero-order valence-electron chi connectivity index (χ0n) is 12.1. The van der Waals surface area contributed by atoms with Gasteiger partial charge in [0.2, 0.25) is 11.8 Å². The monoisotopic (exact) mass is 232 g/mol. The fourth-order valence-corrected chi connectivity index (χ4v) is 0.632. The van der Waals surface area contributed by atoms with Crippen LogP contribution in [0.1, 0.15) is 40.5 Å². The van der Waals surface area contributed by atoms with E-state index in [1.807, 2.05) is 27.7 Å². The van der Waals surface area contributed by atoms with Gasteiger partial charge in [-0.05, 0) is 0 Å². The van der Waals surface area contributed by atoms with Crippen molar-refractivity contribution in [2.75, 3.05) is 28.2 Å². The van der Waals surface area contributed by atoms with Crippen molar-refractivity contribution in [3.63, 3.8) is 0 Å². The Bertz CT molecular complexity index is 158. The lowest BCUT2D eigenvalue weighted by atomic mass is 10.4. The van der Waals surface area contributed by atoms with Crippen molar-refractivity contribution in [2.24, 2.45) is 0 Å². The Labute approximate surface area is 101 Å². The number of carbonyl (C=O) groups is 2. The van der Waals surface area contributed by atoms with Gasteiger partial charge in [-0.1, -0.05) is 27.7 Å². The van der Waals surface area contributed by atoms with Gasteiger partial charge in [-0.15, -0.1) is 0 Å². The van der Waals surface area contributed by atoms with E-state index < -0.39 is 0 Å². The lowest BCUT2D eigenvalue weighted by Crippen LogP contribution is -2.19. The summed E-state index contributed by atoms with van der Waals surface area (Å²) in [4.78, 5) is 24.0. The smallest absolute Gasteiger partial charge is 0.221 e. The van der Waals surface area contributed by atoms with E-state index in [9.17, 15) is 9.59 Å². The molecule has 0 rings (SSSR count). The maximum absolute atomic E-state index is 10.4. The third-order valence-electron chi connectivity index (χ3n) is 1.60. The summed E-state index contributed by atoms with van der Waals surface area (Å²) in [6.45, 7) is 7.70. The molecule has 2 amide bonds. The molecule has 4 nitrogen and oxygen atoms in total. The molecule has 0 saturated heterocycles. The lowest BCUT2D eigenvalue weighted by Gasteiger charge is -2.05. The van der Waals surface area contributed by atoms with Gasteiger partial charge < -0.3 is 9.80 Å². The summed E-state index contributed by atoms with van der Waals surface area (Å²) in [6, 6.07) is 0. The Morgan fingerprint density at radius 3 is 0.938 bits per heavy atom. The Morgan fingerprint density at radius 2 is 0.938 bits per heavy atom. The summed E-state index contributed by atoms with van der Waals surface area (Å²) in [5.74, 6) is 0.361. The third-order valence-corrected chi connectivity index (χ3v) is 1.60. The van der Waals surface area contributed by atoms with Crippen molar-refractivity contribution in [3.05, 3.63) is 0 Å². The number of amides is 2. The van der Waals surface area contributed by atoms with E-state index in [0.717, 1.165) is 0 Å². The van der Waals surface area contributed by atoms with Crippen molar-refractivity contribution in [2.45, 2.75) is 40.5 Å². The van der Waals surface area contributed by atoms with Crippen LogP contribution >= 0.6 is 0 Å². The molecule has 0 aromatic rings. The molecule has 0 aliphatic heterocycles. The van der Waals surface area contributed by atoms with Crippen LogP contribution in [0.25, 0.3) is 0 Å². The average molecular weight is 232 g/mol. The summed E-state index contributed by atoms with van der Waals surface area (Å²) in [6.07, 6.45) is 1.21. The maximum atomic E-state index is 10.4. The Hall–Kier alpha value is -1.06. The van der Waals surface area contributed by atoms with Crippen LogP contribution in [0.15, 0.2) is 0 Å². The molecule has 0 aromatic heterocycles. The van der Waals surface area contributed by atoms with E-state index in [1.165, 1.54) is 0 Å². The molecular weight excluding hydrogens is 204 g/mol. The molecule has 16 heavy (non-hydrogen) atoms. The van der Waals surface area contributed by atoms with Crippen molar-refractivity contribution < 1.29 is 9.59 Å². The van der Waals surface area contributed by atoms with Crippen molar-refractivity contribution >= 4 is 11.8 Å². The molecule has 0 spiro atoms. The molecule has 4 heteroatoms. The van der Waals surface area contributed by atoms with E-state index >= 15 is 0 Å². The van der Waals surface area contributed by atoms with Gasteiger partial charge in [0, 0.05) is 41.0 Å². The van der Waals surface area contributed by atoms with Gasteiger partial charge in [-0.3, -0.25) is 9.59 Å². The quantitative estimate of drug-likeness (QED) is 0.730. The molecule has 0 aliphatic carbocycles. The minimum atomic E-state index is 0.181. The lowest BCUT2D eigenvalue weighted by molar-refractivity contribution is -0.129. The molecule has 0 fully saturated rings. The summed E-state index contributed by atoms with van der Waals surface area (Å²) in [7, 11) is 7.02. The number of nitrogens with zero attached hydrogens (tertiary/aromatic N) is 2. The van der Waals surface area contributed by atoms with Gasteiger partial charge in [0.1, 0.15) is 0 Å². The summed E-state index contributed by atoms with van der Waals surface area (Å²) in [5.41, 5.74) is 0. The first kappa shape index (κ1) is 20.4. The van der Waals surface area contributed by atoms with Crippen LogP contribution < -0.4 is 0 Å². The first-order valence-corrected chi connectivity index (χ1v) is 5.77. The zero-order valence-corrected chi connectivity index (χ0v) is 12.1. The molecule has 0 unspecified atom stereocenters. The first-order chi connectivity index (χ1) is 7.36. The summed E-state index contributed by atoms with van der Waals surface area (Å²) in [5, 5.41) is 0. The average Bonchev–Trinajstić information content (AvgIpc) is 2.29. The Balaban J connectivity index is -0.000000183. The second kappa shape index (κ2) is 13.9. The Morgan fingerprint density at radius 1 is 0.750 bits per heavy atom. The normalized spacial score (nSPS) is 7.75. The predicted octanol–water partition coefficient (Wildman–Crippen LogP) is 2.00. The molecule has 0 atom stereocenters. The number of carbonyl (C=O) groups excluding carboxylic acids is 2. The minimum absolute atomic E-state index is 0.181. The second-order valence-electron chi connectivity index (χ2n) is 3.28. The summed E-state index contributed by atoms with van der Waals surface area (Å²) >= 11 is 0. The van der Waals surface area contributed by atoms with E-state index in [2.05, 4.69) is 0 Å². The van der Waals surface area contributed by atoms with Gasteiger partial charge >= 0.3 is 0 Å². The van der Waals surface area contributed by atoms with E-state index in [0.29, 0.717) is 12.8 Å². The van der Waals surface area contributed by atoms with Gasteiger partial charge in [-0.25, -0.2) is 0 Å². The summed E-state index contributed by atoms with van der Waals surface area (Å²) < 4.78 is 0. The van der Waals surface area contributed by atoms with Crippen LogP contribution in [0.5, 0.6) is 0 Å². The topological polar surface area (TPSA) is 40.6 Å². The standard InChI is InChI=1S/2C5H11NO.C2H6/c2*1-4-5(7)6(2)3;1-2/h2*4H2,1-3H3;1-2H3. The molecule has 0 bridgehead atoms. The van der Waals surface area contributed by atoms with Crippen LogP contribution in [0.3, 0.4) is 0 Å². The second-order valence-corrected chi connectivity index (χ2v) is 3.28. The highest BCUT2D eigenvalue weighted by Crippen LogP contribution is 1.82. The largest absolute Gasteiger partial charge is 0.349 e. The Kier molecular flexibility index (Phi) is 17.7. The minimum Gasteiger partial charge on any atom is -0.349 e. The highest BCUT2D eigenvalue weighted by atomic mass is 16.2. The third kappa shape index (κ3) is 15.4. The highest BCUT2D eigenvalue weighted by molar-refractivity contribution is 5.75. The van der Waals surface area contributed by atoms with Crippen molar-refractivity contribution in [1.29, 1.82) is 0 Å². The molecule has 0 N–H and O–H groups in total.